The number of hydrogen-bond donors (Lipinski definition) is 1. The van der Waals surface area contributed by atoms with Crippen LogP contribution in [0, 0.1) is 0 Å². The van der Waals surface area contributed by atoms with Crippen LogP contribution < -0.4 is 27.6 Å². The first-order valence-electron chi connectivity index (χ1n) is 6.77. The highest BCUT2D eigenvalue weighted by molar-refractivity contribution is 5.91. The number of benzene rings is 2. The Balaban J connectivity index is 0.00000242. The van der Waals surface area contributed by atoms with Crippen LogP contribution in [0.2, 0.25) is 0 Å². The van der Waals surface area contributed by atoms with E-state index in [1.54, 1.807) is 42.5 Å². The molecule has 22 heavy (non-hydrogen) atoms. The fourth-order valence-corrected chi connectivity index (χ4v) is 1.78. The van der Waals surface area contributed by atoms with E-state index >= 15 is 0 Å². The van der Waals surface area contributed by atoms with Crippen LogP contribution in [0.5, 0.6) is 11.5 Å². The predicted octanol–water partition coefficient (Wildman–Crippen LogP) is -0.0395. The number of rotatable bonds is 3. The normalized spacial score (nSPS) is 10.5. The van der Waals surface area contributed by atoms with Gasteiger partial charge in [0.2, 0.25) is 0 Å². The zero-order chi connectivity index (χ0) is 15.5. The maximum atomic E-state index is 12.1. The maximum Gasteiger partial charge on any atom is 0.343 e. The molecule has 2 aromatic carbocycles. The molecule has 0 spiro atoms. The Kier molecular flexibility index (Phi) is 5.97. The number of halogens is 1. The van der Waals surface area contributed by atoms with Gasteiger partial charge in [0.05, 0.1) is 5.56 Å². The number of ether oxygens (including phenoxy) is 2. The Morgan fingerprint density at radius 3 is 2.23 bits per heavy atom. The van der Waals surface area contributed by atoms with E-state index in [0.29, 0.717) is 17.1 Å². The van der Waals surface area contributed by atoms with E-state index in [0.717, 1.165) is 5.69 Å². The summed E-state index contributed by atoms with van der Waals surface area (Å²) in [4.78, 5) is 12.1. The van der Waals surface area contributed by atoms with Crippen molar-refractivity contribution in [1.29, 1.82) is 0 Å². The lowest BCUT2D eigenvalue weighted by Crippen LogP contribution is -3.00. The van der Waals surface area contributed by atoms with Crippen LogP contribution in [0.25, 0.3) is 0 Å². The van der Waals surface area contributed by atoms with Crippen molar-refractivity contribution >= 4 is 11.7 Å². The average Bonchev–Trinajstić information content (AvgIpc) is 2.41. The van der Waals surface area contributed by atoms with Gasteiger partial charge in [-0.05, 0) is 39.0 Å². The Labute approximate surface area is 136 Å². The van der Waals surface area contributed by atoms with Gasteiger partial charge in [-0.15, -0.1) is 0 Å². The first kappa shape index (κ1) is 18.0. The molecule has 2 rings (SSSR count). The molecule has 0 aliphatic carbocycles. The minimum Gasteiger partial charge on any atom is -1.00 e. The molecule has 0 aliphatic heterocycles. The fourth-order valence-electron chi connectivity index (χ4n) is 1.78. The van der Waals surface area contributed by atoms with Crippen molar-refractivity contribution in [3.8, 4) is 11.5 Å². The summed E-state index contributed by atoms with van der Waals surface area (Å²) < 4.78 is 11.3. The van der Waals surface area contributed by atoms with Crippen molar-refractivity contribution in [2.75, 3.05) is 0 Å². The van der Waals surface area contributed by atoms with Crippen molar-refractivity contribution in [1.82, 2.24) is 0 Å². The molecule has 2 aromatic rings. The molecule has 0 bridgehead atoms. The van der Waals surface area contributed by atoms with E-state index in [2.05, 4.69) is 5.73 Å². The van der Waals surface area contributed by atoms with E-state index in [-0.39, 0.29) is 18.0 Å². The minimum atomic E-state index is -0.411. The number of hydrogen-bond acceptors (Lipinski definition) is 3. The van der Waals surface area contributed by atoms with Gasteiger partial charge in [-0.25, -0.2) is 4.79 Å². The summed E-state index contributed by atoms with van der Waals surface area (Å²) in [6.07, 6.45) is 0. The largest absolute Gasteiger partial charge is 1.00 e. The molecule has 4 nitrogen and oxygen atoms in total. The quantitative estimate of drug-likeness (QED) is 0.637. The van der Waals surface area contributed by atoms with Crippen LogP contribution in [0.4, 0.5) is 5.69 Å². The number of carbonyl (C=O) groups excluding carboxylic acids is 1. The highest BCUT2D eigenvalue weighted by atomic mass is 35.5. The van der Waals surface area contributed by atoms with Gasteiger partial charge in [0, 0.05) is 12.1 Å². The van der Waals surface area contributed by atoms with Gasteiger partial charge in [0.15, 0.2) is 11.5 Å². The standard InChI is InChI=1S/C17H19NO3.ClH/c1-17(2,3)21-15-11-13(18)9-10-14(15)20-16(19)12-7-5-4-6-8-12;/h4-11H,18H2,1-3H3;1H. The summed E-state index contributed by atoms with van der Waals surface area (Å²) in [5.41, 5.74) is 4.78. The number of carbonyl (C=O) groups is 1. The van der Waals surface area contributed by atoms with Crippen LogP contribution in [0.1, 0.15) is 31.1 Å². The Hall–Kier alpha value is -2.04. The molecule has 5 heteroatoms. The summed E-state index contributed by atoms with van der Waals surface area (Å²) >= 11 is 0. The molecule has 0 amide bonds. The summed E-state index contributed by atoms with van der Waals surface area (Å²) in [5, 5.41) is 0. The highest BCUT2D eigenvalue weighted by Crippen LogP contribution is 2.32. The maximum absolute atomic E-state index is 12.1. The summed E-state index contributed by atoms with van der Waals surface area (Å²) in [6, 6.07) is 14.1. The molecule has 0 saturated carbocycles. The molecule has 0 fully saturated rings. The Bertz CT molecular complexity index is 636. The molecule has 0 radical (unpaired) electrons. The summed E-state index contributed by atoms with van der Waals surface area (Å²) in [6.45, 7) is 5.81. The summed E-state index contributed by atoms with van der Waals surface area (Å²) in [7, 11) is 0. The van der Waals surface area contributed by atoms with Crippen LogP contribution in [-0.2, 0) is 0 Å². The number of esters is 1. The predicted molar refractivity (Wildman–Crippen MR) is 80.8 cm³/mol. The molecule has 0 heterocycles. The van der Waals surface area contributed by atoms with E-state index in [4.69, 9.17) is 9.47 Å². The van der Waals surface area contributed by atoms with Crippen molar-refractivity contribution < 1.29 is 32.4 Å². The molecule has 0 unspecified atom stereocenters. The van der Waals surface area contributed by atoms with Crippen molar-refractivity contribution in [2.24, 2.45) is 0 Å². The molecule has 3 N–H and O–H groups in total. The van der Waals surface area contributed by atoms with Gasteiger partial charge in [-0.3, -0.25) is 0 Å². The molecule has 0 atom stereocenters. The van der Waals surface area contributed by atoms with E-state index in [1.807, 2.05) is 26.8 Å². The lowest BCUT2D eigenvalue weighted by molar-refractivity contribution is -0.254. The Morgan fingerprint density at radius 2 is 1.64 bits per heavy atom. The van der Waals surface area contributed by atoms with Gasteiger partial charge in [0.1, 0.15) is 11.3 Å². The van der Waals surface area contributed by atoms with Crippen molar-refractivity contribution in [3.63, 3.8) is 0 Å². The second kappa shape index (κ2) is 7.29. The van der Waals surface area contributed by atoms with Gasteiger partial charge in [-0.1, -0.05) is 18.2 Å². The zero-order valence-corrected chi connectivity index (χ0v) is 13.7. The fraction of sp³-hybridized carbons (Fsp3) is 0.235. The van der Waals surface area contributed by atoms with Crippen LogP contribution in [-0.4, -0.2) is 11.6 Å². The number of quaternary nitrogens is 1. The smallest absolute Gasteiger partial charge is 0.343 e. The Morgan fingerprint density at radius 1 is 1.00 bits per heavy atom. The third-order valence-corrected chi connectivity index (χ3v) is 2.64. The van der Waals surface area contributed by atoms with Crippen LogP contribution in [0.3, 0.4) is 0 Å². The van der Waals surface area contributed by atoms with E-state index in [9.17, 15) is 4.79 Å². The highest BCUT2D eigenvalue weighted by Gasteiger charge is 2.18. The van der Waals surface area contributed by atoms with Crippen molar-refractivity contribution in [2.45, 2.75) is 26.4 Å². The first-order valence-corrected chi connectivity index (χ1v) is 6.77. The third kappa shape index (κ3) is 5.06. The molecule has 118 valence electrons. The van der Waals surface area contributed by atoms with Crippen LogP contribution in [0.15, 0.2) is 48.5 Å². The second-order valence-corrected chi connectivity index (χ2v) is 5.75. The third-order valence-electron chi connectivity index (χ3n) is 2.64. The SMILES string of the molecule is CC(C)(C)Oc1cc([NH3+])ccc1OC(=O)c1ccccc1.[Cl-]. The van der Waals surface area contributed by atoms with Crippen molar-refractivity contribution in [3.05, 3.63) is 54.1 Å². The molecule has 0 saturated heterocycles. The zero-order valence-electron chi connectivity index (χ0n) is 12.9. The van der Waals surface area contributed by atoms with E-state index in [1.165, 1.54) is 0 Å². The van der Waals surface area contributed by atoms with Gasteiger partial charge >= 0.3 is 5.97 Å². The van der Waals surface area contributed by atoms with Gasteiger partial charge in [-0.2, -0.15) is 0 Å². The average molecular weight is 322 g/mol. The van der Waals surface area contributed by atoms with E-state index < -0.39 is 5.97 Å². The molecule has 0 aliphatic rings. The summed E-state index contributed by atoms with van der Waals surface area (Å²) in [5.74, 6) is 0.497. The topological polar surface area (TPSA) is 63.2 Å². The van der Waals surface area contributed by atoms with Gasteiger partial charge < -0.3 is 27.6 Å². The van der Waals surface area contributed by atoms with Gasteiger partial charge in [0.25, 0.3) is 0 Å². The molecular formula is C17H20ClNO3. The molecule has 0 aromatic heterocycles. The molecular weight excluding hydrogens is 302 g/mol. The lowest BCUT2D eigenvalue weighted by Gasteiger charge is -2.22. The monoisotopic (exact) mass is 321 g/mol. The van der Waals surface area contributed by atoms with Crippen LogP contribution >= 0.6 is 0 Å². The minimum absolute atomic E-state index is 0. The lowest BCUT2D eigenvalue weighted by atomic mass is 10.2. The second-order valence-electron chi connectivity index (χ2n) is 5.75. The first-order chi connectivity index (χ1) is 9.85.